The molecule has 1 aromatic rings. The molecule has 0 unspecified atom stereocenters. The summed E-state index contributed by atoms with van der Waals surface area (Å²) in [4.78, 5) is 0. The molecule has 0 spiro atoms. The Morgan fingerprint density at radius 2 is 2.15 bits per heavy atom. The van der Waals surface area contributed by atoms with Crippen LogP contribution in [0.5, 0.6) is 0 Å². The van der Waals surface area contributed by atoms with Crippen molar-refractivity contribution in [3.8, 4) is 0 Å². The fourth-order valence-corrected chi connectivity index (χ4v) is 1.50. The summed E-state index contributed by atoms with van der Waals surface area (Å²) in [6.07, 6.45) is 3.03. The first-order chi connectivity index (χ1) is 6.42. The highest BCUT2D eigenvalue weighted by molar-refractivity contribution is 5.64. The van der Waals surface area contributed by atoms with Gasteiger partial charge in [-0.25, -0.2) is 0 Å². The van der Waals surface area contributed by atoms with Gasteiger partial charge in [-0.15, -0.1) is 0 Å². The molecule has 0 aromatic heterocycles. The first-order valence-electron chi connectivity index (χ1n) is 4.44. The van der Waals surface area contributed by atoms with Crippen molar-refractivity contribution in [1.29, 1.82) is 0 Å². The number of hydrogen-bond donors (Lipinski definition) is 1. The maximum absolute atomic E-state index is 9.10. The Hall–Kier alpha value is -1.28. The number of aliphatic hydroxyl groups is 1. The maximum Gasteiger partial charge on any atom is 0.123 e. The van der Waals surface area contributed by atoms with Crippen LogP contribution in [0.2, 0.25) is 0 Å². The van der Waals surface area contributed by atoms with Gasteiger partial charge in [-0.05, 0) is 11.6 Å². The topological polar surface area (TPSA) is 29.5 Å². The molecule has 1 aliphatic rings. The van der Waals surface area contributed by atoms with Crippen LogP contribution in [0.15, 0.2) is 30.3 Å². The minimum absolute atomic E-state index is 0.0663. The van der Waals surface area contributed by atoms with E-state index in [1.807, 2.05) is 24.3 Å². The van der Waals surface area contributed by atoms with Crippen molar-refractivity contribution >= 4 is 5.76 Å². The molecule has 1 aromatic carbocycles. The van der Waals surface area contributed by atoms with Crippen molar-refractivity contribution in [2.45, 2.75) is 13.0 Å². The zero-order valence-electron chi connectivity index (χ0n) is 7.36. The van der Waals surface area contributed by atoms with Crippen molar-refractivity contribution in [2.24, 2.45) is 0 Å². The third-order valence-electron chi connectivity index (χ3n) is 2.16. The third kappa shape index (κ3) is 1.58. The third-order valence-corrected chi connectivity index (χ3v) is 2.16. The van der Waals surface area contributed by atoms with E-state index < -0.39 is 0 Å². The van der Waals surface area contributed by atoms with Gasteiger partial charge in [0.15, 0.2) is 0 Å². The Bertz CT molecular complexity index is 329. The second-order valence-electron chi connectivity index (χ2n) is 3.02. The lowest BCUT2D eigenvalue weighted by Crippen LogP contribution is -1.93. The van der Waals surface area contributed by atoms with Gasteiger partial charge >= 0.3 is 0 Å². The van der Waals surface area contributed by atoms with Crippen LogP contribution in [-0.2, 0) is 11.3 Å². The van der Waals surface area contributed by atoms with Gasteiger partial charge in [-0.3, -0.25) is 0 Å². The standard InChI is InChI=1S/C11H12O2/c12-8-9-4-1-2-5-10(9)11-6-3-7-13-11/h1-2,4-6,12H,3,7-8H2. The van der Waals surface area contributed by atoms with Crippen LogP contribution < -0.4 is 0 Å². The number of aliphatic hydroxyl groups excluding tert-OH is 1. The van der Waals surface area contributed by atoms with E-state index in [1.165, 1.54) is 0 Å². The minimum Gasteiger partial charge on any atom is -0.493 e. The summed E-state index contributed by atoms with van der Waals surface area (Å²) < 4.78 is 5.43. The van der Waals surface area contributed by atoms with E-state index in [2.05, 4.69) is 6.08 Å². The van der Waals surface area contributed by atoms with Crippen LogP contribution >= 0.6 is 0 Å². The van der Waals surface area contributed by atoms with E-state index >= 15 is 0 Å². The first kappa shape index (κ1) is 8.32. The predicted octanol–water partition coefficient (Wildman–Crippen LogP) is 1.94. The van der Waals surface area contributed by atoms with Crippen LogP contribution in [0, 0.1) is 0 Å². The maximum atomic E-state index is 9.10. The van der Waals surface area contributed by atoms with Crippen molar-refractivity contribution in [1.82, 2.24) is 0 Å². The smallest absolute Gasteiger partial charge is 0.123 e. The Morgan fingerprint density at radius 3 is 2.85 bits per heavy atom. The Kier molecular flexibility index (Phi) is 2.32. The highest BCUT2D eigenvalue weighted by atomic mass is 16.5. The highest BCUT2D eigenvalue weighted by Gasteiger charge is 2.10. The zero-order chi connectivity index (χ0) is 9.10. The summed E-state index contributed by atoms with van der Waals surface area (Å²) >= 11 is 0. The van der Waals surface area contributed by atoms with Crippen LogP contribution in [-0.4, -0.2) is 11.7 Å². The second kappa shape index (κ2) is 3.62. The lowest BCUT2D eigenvalue weighted by molar-refractivity contribution is 0.277. The van der Waals surface area contributed by atoms with Gasteiger partial charge in [0.1, 0.15) is 5.76 Å². The average molecular weight is 176 g/mol. The Morgan fingerprint density at radius 1 is 1.31 bits per heavy atom. The molecule has 1 N–H and O–H groups in total. The van der Waals surface area contributed by atoms with E-state index in [-0.39, 0.29) is 6.61 Å². The lowest BCUT2D eigenvalue weighted by atomic mass is 10.1. The average Bonchev–Trinajstić information content (AvgIpc) is 2.70. The minimum atomic E-state index is 0.0663. The van der Waals surface area contributed by atoms with Crippen LogP contribution in [0.1, 0.15) is 17.5 Å². The molecule has 1 heterocycles. The van der Waals surface area contributed by atoms with Gasteiger partial charge in [0.25, 0.3) is 0 Å². The van der Waals surface area contributed by atoms with E-state index in [0.717, 1.165) is 29.9 Å². The van der Waals surface area contributed by atoms with Crippen molar-refractivity contribution < 1.29 is 9.84 Å². The van der Waals surface area contributed by atoms with E-state index in [1.54, 1.807) is 0 Å². The fraction of sp³-hybridized carbons (Fsp3) is 0.273. The number of hydrogen-bond acceptors (Lipinski definition) is 2. The quantitative estimate of drug-likeness (QED) is 0.746. The molecule has 2 nitrogen and oxygen atoms in total. The molecule has 0 fully saturated rings. The van der Waals surface area contributed by atoms with E-state index in [9.17, 15) is 0 Å². The van der Waals surface area contributed by atoms with E-state index in [4.69, 9.17) is 9.84 Å². The van der Waals surface area contributed by atoms with Gasteiger partial charge < -0.3 is 9.84 Å². The lowest BCUT2D eigenvalue weighted by Gasteiger charge is -2.07. The molecule has 0 saturated carbocycles. The summed E-state index contributed by atoms with van der Waals surface area (Å²) in [6, 6.07) is 7.77. The number of benzene rings is 1. The largest absolute Gasteiger partial charge is 0.493 e. The molecule has 2 rings (SSSR count). The number of ether oxygens (including phenoxy) is 1. The first-order valence-corrected chi connectivity index (χ1v) is 4.44. The monoisotopic (exact) mass is 176 g/mol. The fourth-order valence-electron chi connectivity index (χ4n) is 1.50. The zero-order valence-corrected chi connectivity index (χ0v) is 7.36. The molecular weight excluding hydrogens is 164 g/mol. The van der Waals surface area contributed by atoms with Crippen LogP contribution in [0.3, 0.4) is 0 Å². The van der Waals surface area contributed by atoms with Gasteiger partial charge in [0.2, 0.25) is 0 Å². The number of rotatable bonds is 2. The van der Waals surface area contributed by atoms with Gasteiger partial charge in [-0.1, -0.05) is 24.3 Å². The summed E-state index contributed by atoms with van der Waals surface area (Å²) in [7, 11) is 0. The summed E-state index contributed by atoms with van der Waals surface area (Å²) in [5.74, 6) is 0.907. The van der Waals surface area contributed by atoms with Crippen LogP contribution in [0.4, 0.5) is 0 Å². The summed E-state index contributed by atoms with van der Waals surface area (Å²) in [5.41, 5.74) is 1.94. The van der Waals surface area contributed by atoms with Crippen molar-refractivity contribution in [2.75, 3.05) is 6.61 Å². The molecule has 0 radical (unpaired) electrons. The molecule has 0 amide bonds. The molecule has 13 heavy (non-hydrogen) atoms. The molecule has 0 saturated heterocycles. The molecule has 0 bridgehead atoms. The van der Waals surface area contributed by atoms with Crippen LogP contribution in [0.25, 0.3) is 5.76 Å². The molecule has 0 aliphatic carbocycles. The predicted molar refractivity (Wildman–Crippen MR) is 50.9 cm³/mol. The Balaban J connectivity index is 2.38. The summed E-state index contributed by atoms with van der Waals surface area (Å²) in [6.45, 7) is 0.825. The van der Waals surface area contributed by atoms with E-state index in [0.29, 0.717) is 0 Å². The summed E-state index contributed by atoms with van der Waals surface area (Å²) in [5, 5.41) is 9.10. The highest BCUT2D eigenvalue weighted by Crippen LogP contribution is 2.24. The molecule has 0 atom stereocenters. The second-order valence-corrected chi connectivity index (χ2v) is 3.02. The van der Waals surface area contributed by atoms with Gasteiger partial charge in [0, 0.05) is 12.0 Å². The van der Waals surface area contributed by atoms with Gasteiger partial charge in [-0.2, -0.15) is 0 Å². The van der Waals surface area contributed by atoms with Gasteiger partial charge in [0.05, 0.1) is 13.2 Å². The normalized spacial score (nSPS) is 15.3. The SMILES string of the molecule is OCc1ccccc1C1=CCCO1. The molecule has 1 aliphatic heterocycles. The molecular formula is C11H12O2. The van der Waals surface area contributed by atoms with Crippen molar-refractivity contribution in [3.63, 3.8) is 0 Å². The van der Waals surface area contributed by atoms with Crippen molar-refractivity contribution in [3.05, 3.63) is 41.5 Å². The molecule has 68 valence electrons. The molecule has 2 heteroatoms. The Labute approximate surface area is 77.5 Å².